The first-order chi connectivity index (χ1) is 11.4. The van der Waals surface area contributed by atoms with Crippen LogP contribution in [0.4, 0.5) is 5.69 Å². The maximum Gasteiger partial charge on any atom is 0.255 e. The van der Waals surface area contributed by atoms with Crippen LogP contribution in [0, 0.1) is 0 Å². The number of hydrogen-bond acceptors (Lipinski definition) is 4. The fourth-order valence-corrected chi connectivity index (χ4v) is 2.20. The van der Waals surface area contributed by atoms with Crippen LogP contribution in [0.25, 0.3) is 0 Å². The Morgan fingerprint density at radius 3 is 2.17 bits per heavy atom. The van der Waals surface area contributed by atoms with Gasteiger partial charge in [0.25, 0.3) is 5.91 Å². The number of carbonyl (C=O) groups excluding carboxylic acids is 3. The predicted molar refractivity (Wildman–Crippen MR) is 92.0 cm³/mol. The smallest absolute Gasteiger partial charge is 0.255 e. The van der Waals surface area contributed by atoms with Gasteiger partial charge in [-0.05, 0) is 51.1 Å². The molecule has 2 rings (SSSR count). The Bertz CT molecular complexity index is 796. The Morgan fingerprint density at radius 2 is 1.54 bits per heavy atom. The van der Waals surface area contributed by atoms with Crippen molar-refractivity contribution >= 4 is 23.2 Å². The summed E-state index contributed by atoms with van der Waals surface area (Å²) < 4.78 is 5.49. The highest BCUT2D eigenvalue weighted by atomic mass is 16.5. The molecule has 124 valence electrons. The van der Waals surface area contributed by atoms with Gasteiger partial charge in [0.2, 0.25) is 0 Å². The number of amides is 1. The van der Waals surface area contributed by atoms with E-state index in [0.717, 1.165) is 0 Å². The molecule has 0 spiro atoms. The molecule has 0 aliphatic rings. The first kappa shape index (κ1) is 17.4. The molecule has 5 heteroatoms. The first-order valence-corrected chi connectivity index (χ1v) is 7.62. The molecule has 0 heterocycles. The lowest BCUT2D eigenvalue weighted by Crippen LogP contribution is -2.14. The average molecular weight is 325 g/mol. The van der Waals surface area contributed by atoms with Crippen LogP contribution in [0.5, 0.6) is 5.75 Å². The Hall–Kier alpha value is -2.95. The van der Waals surface area contributed by atoms with E-state index in [0.29, 0.717) is 34.7 Å². The third kappa shape index (κ3) is 4.07. The van der Waals surface area contributed by atoms with Crippen LogP contribution >= 0.6 is 0 Å². The van der Waals surface area contributed by atoms with Gasteiger partial charge in [0.1, 0.15) is 5.75 Å². The van der Waals surface area contributed by atoms with Gasteiger partial charge in [0.15, 0.2) is 11.6 Å². The number of ketones is 2. The minimum atomic E-state index is -0.375. The zero-order valence-electron chi connectivity index (χ0n) is 13.9. The summed E-state index contributed by atoms with van der Waals surface area (Å²) in [7, 11) is 0. The van der Waals surface area contributed by atoms with E-state index >= 15 is 0 Å². The molecular formula is C19H19NO4. The van der Waals surface area contributed by atoms with Crippen molar-refractivity contribution in [1.29, 1.82) is 0 Å². The summed E-state index contributed by atoms with van der Waals surface area (Å²) >= 11 is 0. The number of Topliss-reactive ketones (excluding diaryl/α,β-unsaturated/α-hetero) is 2. The van der Waals surface area contributed by atoms with Crippen molar-refractivity contribution in [2.24, 2.45) is 0 Å². The number of anilines is 1. The fourth-order valence-electron chi connectivity index (χ4n) is 2.20. The maximum atomic E-state index is 12.5. The van der Waals surface area contributed by atoms with Gasteiger partial charge in [-0.25, -0.2) is 0 Å². The lowest BCUT2D eigenvalue weighted by Gasteiger charge is -2.13. The van der Waals surface area contributed by atoms with Crippen LogP contribution in [0.15, 0.2) is 42.5 Å². The van der Waals surface area contributed by atoms with Crippen molar-refractivity contribution in [1.82, 2.24) is 0 Å². The highest BCUT2D eigenvalue weighted by molar-refractivity contribution is 6.07. The number of ether oxygens (including phenoxy) is 1. The SMILES string of the molecule is CCOc1ccc(C(C)=O)cc1NC(=O)c1cccc(C(C)=O)c1. The van der Waals surface area contributed by atoms with E-state index in [1.54, 1.807) is 36.4 Å². The molecular weight excluding hydrogens is 306 g/mol. The number of rotatable bonds is 6. The Balaban J connectivity index is 2.33. The zero-order chi connectivity index (χ0) is 17.7. The molecule has 0 bridgehead atoms. The van der Waals surface area contributed by atoms with Crippen molar-refractivity contribution in [3.63, 3.8) is 0 Å². The van der Waals surface area contributed by atoms with Crippen LogP contribution in [-0.4, -0.2) is 24.1 Å². The molecule has 0 atom stereocenters. The quantitative estimate of drug-likeness (QED) is 0.821. The summed E-state index contributed by atoms with van der Waals surface area (Å²) in [5.74, 6) is -0.108. The molecule has 24 heavy (non-hydrogen) atoms. The zero-order valence-corrected chi connectivity index (χ0v) is 13.9. The molecule has 5 nitrogen and oxygen atoms in total. The van der Waals surface area contributed by atoms with Crippen LogP contribution in [-0.2, 0) is 0 Å². The summed E-state index contributed by atoms with van der Waals surface area (Å²) in [5, 5.41) is 2.75. The van der Waals surface area contributed by atoms with E-state index in [1.807, 2.05) is 6.92 Å². The molecule has 2 aromatic carbocycles. The predicted octanol–water partition coefficient (Wildman–Crippen LogP) is 3.74. The number of benzene rings is 2. The number of hydrogen-bond donors (Lipinski definition) is 1. The van der Waals surface area contributed by atoms with E-state index in [9.17, 15) is 14.4 Å². The van der Waals surface area contributed by atoms with Gasteiger partial charge < -0.3 is 10.1 Å². The van der Waals surface area contributed by atoms with E-state index in [4.69, 9.17) is 4.74 Å². The van der Waals surface area contributed by atoms with Gasteiger partial charge in [0, 0.05) is 16.7 Å². The number of nitrogens with one attached hydrogen (secondary N) is 1. The molecule has 0 saturated heterocycles. The lowest BCUT2D eigenvalue weighted by molar-refractivity contribution is 0.100. The lowest BCUT2D eigenvalue weighted by atomic mass is 10.1. The van der Waals surface area contributed by atoms with Crippen LogP contribution in [0.2, 0.25) is 0 Å². The van der Waals surface area contributed by atoms with Gasteiger partial charge in [-0.15, -0.1) is 0 Å². The topological polar surface area (TPSA) is 72.5 Å². The third-order valence-electron chi connectivity index (χ3n) is 3.47. The average Bonchev–Trinajstić information content (AvgIpc) is 2.56. The maximum absolute atomic E-state index is 12.5. The largest absolute Gasteiger partial charge is 0.492 e. The summed E-state index contributed by atoms with van der Waals surface area (Å²) in [6.45, 7) is 5.17. The minimum absolute atomic E-state index is 0.105. The van der Waals surface area contributed by atoms with Crippen molar-refractivity contribution in [3.8, 4) is 5.75 Å². The van der Waals surface area contributed by atoms with Crippen molar-refractivity contribution in [2.75, 3.05) is 11.9 Å². The second-order valence-corrected chi connectivity index (χ2v) is 5.29. The summed E-state index contributed by atoms with van der Waals surface area (Å²) in [6, 6.07) is 11.4. The second kappa shape index (κ2) is 7.55. The highest BCUT2D eigenvalue weighted by Gasteiger charge is 2.13. The van der Waals surface area contributed by atoms with E-state index in [2.05, 4.69) is 5.32 Å². The molecule has 0 radical (unpaired) electrons. The standard InChI is InChI=1S/C19H19NO4/c1-4-24-18-9-8-15(13(3)22)11-17(18)20-19(23)16-7-5-6-14(10-16)12(2)21/h5-11H,4H2,1-3H3,(H,20,23). The minimum Gasteiger partial charge on any atom is -0.492 e. The molecule has 0 aliphatic heterocycles. The molecule has 0 unspecified atom stereocenters. The van der Waals surface area contributed by atoms with Gasteiger partial charge in [0.05, 0.1) is 12.3 Å². The molecule has 1 N–H and O–H groups in total. The van der Waals surface area contributed by atoms with Crippen molar-refractivity contribution in [3.05, 3.63) is 59.2 Å². The Morgan fingerprint density at radius 1 is 0.917 bits per heavy atom. The Kier molecular flexibility index (Phi) is 5.47. The Labute approximate surface area is 140 Å². The van der Waals surface area contributed by atoms with E-state index < -0.39 is 0 Å². The van der Waals surface area contributed by atoms with E-state index in [1.165, 1.54) is 19.9 Å². The van der Waals surface area contributed by atoms with Crippen molar-refractivity contribution in [2.45, 2.75) is 20.8 Å². The molecule has 0 aromatic heterocycles. The molecule has 0 fully saturated rings. The normalized spacial score (nSPS) is 10.1. The highest BCUT2D eigenvalue weighted by Crippen LogP contribution is 2.27. The van der Waals surface area contributed by atoms with Crippen molar-refractivity contribution < 1.29 is 19.1 Å². The summed E-state index contributed by atoms with van der Waals surface area (Å²) in [5.41, 5.74) is 1.72. The van der Waals surface area contributed by atoms with Crippen LogP contribution in [0.1, 0.15) is 51.8 Å². The monoisotopic (exact) mass is 325 g/mol. The van der Waals surface area contributed by atoms with Crippen LogP contribution in [0.3, 0.4) is 0 Å². The molecule has 1 amide bonds. The number of carbonyl (C=O) groups is 3. The van der Waals surface area contributed by atoms with Crippen LogP contribution < -0.4 is 10.1 Å². The van der Waals surface area contributed by atoms with Gasteiger partial charge in [-0.3, -0.25) is 14.4 Å². The second-order valence-electron chi connectivity index (χ2n) is 5.29. The molecule has 0 saturated carbocycles. The molecule has 0 aliphatic carbocycles. The summed E-state index contributed by atoms with van der Waals surface area (Å²) in [6.07, 6.45) is 0. The molecule has 2 aromatic rings. The third-order valence-corrected chi connectivity index (χ3v) is 3.47. The van der Waals surface area contributed by atoms with E-state index in [-0.39, 0.29) is 17.5 Å². The fraction of sp³-hybridized carbons (Fsp3) is 0.211. The first-order valence-electron chi connectivity index (χ1n) is 7.62. The van der Waals surface area contributed by atoms with Gasteiger partial charge in [-0.2, -0.15) is 0 Å². The van der Waals surface area contributed by atoms with Gasteiger partial charge >= 0.3 is 0 Å². The summed E-state index contributed by atoms with van der Waals surface area (Å²) in [4.78, 5) is 35.5. The van der Waals surface area contributed by atoms with Gasteiger partial charge in [-0.1, -0.05) is 12.1 Å².